The first-order chi connectivity index (χ1) is 14.0. The minimum atomic E-state index is -0.182. The Labute approximate surface area is 169 Å². The Morgan fingerprint density at radius 2 is 1.86 bits per heavy atom. The summed E-state index contributed by atoms with van der Waals surface area (Å²) in [4.78, 5) is 27.4. The van der Waals surface area contributed by atoms with Gasteiger partial charge in [0.05, 0.1) is 28.6 Å². The zero-order valence-corrected chi connectivity index (χ0v) is 16.8. The van der Waals surface area contributed by atoms with E-state index in [1.807, 2.05) is 37.3 Å². The molecule has 0 bridgehead atoms. The fourth-order valence-corrected chi connectivity index (χ4v) is 4.21. The van der Waals surface area contributed by atoms with Gasteiger partial charge in [0.15, 0.2) is 5.13 Å². The second-order valence-corrected chi connectivity index (χ2v) is 7.56. The minimum absolute atomic E-state index is 0.182. The third-order valence-corrected chi connectivity index (χ3v) is 5.74. The summed E-state index contributed by atoms with van der Waals surface area (Å²) in [5.74, 6) is 1.89. The summed E-state index contributed by atoms with van der Waals surface area (Å²) < 4.78 is 8.36. The van der Waals surface area contributed by atoms with E-state index < -0.39 is 0 Å². The van der Waals surface area contributed by atoms with E-state index in [-0.39, 0.29) is 5.56 Å². The highest BCUT2D eigenvalue weighted by molar-refractivity contribution is 7.17. The van der Waals surface area contributed by atoms with Gasteiger partial charge in [-0.2, -0.15) is 9.50 Å². The van der Waals surface area contributed by atoms with Crippen LogP contribution in [0, 0.1) is 13.8 Å². The zero-order valence-electron chi connectivity index (χ0n) is 15.9. The van der Waals surface area contributed by atoms with E-state index in [9.17, 15) is 4.79 Å². The number of pyridine rings is 1. The Morgan fingerprint density at radius 3 is 2.62 bits per heavy atom. The molecule has 4 aromatic heterocycles. The highest BCUT2D eigenvalue weighted by atomic mass is 32.1. The van der Waals surface area contributed by atoms with Crippen molar-refractivity contribution in [2.75, 3.05) is 7.11 Å². The molecule has 0 N–H and O–H groups in total. The first-order valence-electron chi connectivity index (χ1n) is 8.91. The molecule has 0 atom stereocenters. The van der Waals surface area contributed by atoms with Gasteiger partial charge in [-0.05, 0) is 49.7 Å². The fourth-order valence-electron chi connectivity index (χ4n) is 3.30. The molecule has 5 aromatic rings. The van der Waals surface area contributed by atoms with E-state index in [1.165, 1.54) is 11.3 Å². The number of aryl methyl sites for hydroxylation is 2. The summed E-state index contributed by atoms with van der Waals surface area (Å²) >= 11 is 1.44. The smallest absolute Gasteiger partial charge is 0.268 e. The molecule has 0 radical (unpaired) electrons. The van der Waals surface area contributed by atoms with Crippen LogP contribution in [0.1, 0.15) is 11.5 Å². The van der Waals surface area contributed by atoms with Crippen molar-refractivity contribution in [3.63, 3.8) is 0 Å². The van der Waals surface area contributed by atoms with Crippen molar-refractivity contribution in [3.8, 4) is 21.3 Å². The van der Waals surface area contributed by atoms with Gasteiger partial charge in [-0.25, -0.2) is 9.97 Å². The summed E-state index contributed by atoms with van der Waals surface area (Å²) in [6, 6.07) is 9.59. The normalized spacial score (nSPS) is 11.4. The van der Waals surface area contributed by atoms with E-state index in [4.69, 9.17) is 4.74 Å². The topological polar surface area (TPSA) is 87.2 Å². The molecule has 9 heteroatoms. The van der Waals surface area contributed by atoms with Gasteiger partial charge in [-0.1, -0.05) is 11.3 Å². The maximum Gasteiger partial charge on any atom is 0.268 e. The van der Waals surface area contributed by atoms with Crippen molar-refractivity contribution in [1.82, 2.24) is 29.1 Å². The largest absolute Gasteiger partial charge is 0.497 e. The molecule has 0 unspecified atom stereocenters. The molecule has 144 valence electrons. The van der Waals surface area contributed by atoms with Gasteiger partial charge in [0.25, 0.3) is 11.3 Å². The maximum absolute atomic E-state index is 13.2. The van der Waals surface area contributed by atoms with E-state index in [0.29, 0.717) is 33.3 Å². The molecule has 1 aromatic carbocycles. The number of rotatable bonds is 3. The number of ether oxygens (including phenoxy) is 1. The van der Waals surface area contributed by atoms with Crippen LogP contribution in [-0.2, 0) is 0 Å². The van der Waals surface area contributed by atoms with Gasteiger partial charge in [0.1, 0.15) is 11.6 Å². The molecule has 0 fully saturated rings. The predicted molar refractivity (Wildman–Crippen MR) is 111 cm³/mol. The van der Waals surface area contributed by atoms with Crippen LogP contribution >= 0.6 is 11.3 Å². The van der Waals surface area contributed by atoms with Crippen molar-refractivity contribution in [3.05, 3.63) is 64.6 Å². The standard InChI is InChI=1S/C20H16N6O2S/c1-11-17-15(26-19(22-11)23-12(2)24-26)8-9-25(18(17)27)20-21-10-16(29-20)13-4-6-14(28-3)7-5-13/h4-10H,1-3H3. The summed E-state index contributed by atoms with van der Waals surface area (Å²) in [7, 11) is 1.64. The molecule has 29 heavy (non-hydrogen) atoms. The Balaban J connectivity index is 1.65. The van der Waals surface area contributed by atoms with Crippen molar-refractivity contribution >= 4 is 28.0 Å². The average Bonchev–Trinajstić information content (AvgIpc) is 3.34. The third kappa shape index (κ3) is 2.78. The summed E-state index contributed by atoms with van der Waals surface area (Å²) in [6.45, 7) is 3.61. The van der Waals surface area contributed by atoms with E-state index >= 15 is 0 Å². The van der Waals surface area contributed by atoms with E-state index in [1.54, 1.807) is 35.5 Å². The molecule has 0 saturated heterocycles. The minimum Gasteiger partial charge on any atom is -0.497 e. The molecule has 4 heterocycles. The number of benzene rings is 1. The number of aromatic nitrogens is 6. The molecule has 0 aliphatic rings. The average molecular weight is 404 g/mol. The fraction of sp³-hybridized carbons (Fsp3) is 0.150. The third-order valence-electron chi connectivity index (χ3n) is 4.70. The van der Waals surface area contributed by atoms with Gasteiger partial charge in [0, 0.05) is 12.4 Å². The number of thiazole rings is 1. The lowest BCUT2D eigenvalue weighted by Crippen LogP contribution is -2.20. The SMILES string of the molecule is COc1ccc(-c2cnc(-n3ccc4c(c(C)nc5nc(C)nn54)c3=O)s2)cc1. The van der Waals surface area contributed by atoms with E-state index in [0.717, 1.165) is 16.2 Å². The molecule has 0 spiro atoms. The van der Waals surface area contributed by atoms with Crippen LogP contribution < -0.4 is 10.3 Å². The monoisotopic (exact) mass is 404 g/mol. The highest BCUT2D eigenvalue weighted by Gasteiger charge is 2.15. The molecule has 8 nitrogen and oxygen atoms in total. The van der Waals surface area contributed by atoms with Gasteiger partial charge >= 0.3 is 0 Å². The van der Waals surface area contributed by atoms with Crippen LogP contribution in [0.15, 0.2) is 47.5 Å². The number of methoxy groups -OCH3 is 1. The first kappa shape index (κ1) is 17.5. The van der Waals surface area contributed by atoms with E-state index in [2.05, 4.69) is 20.1 Å². The molecule has 5 rings (SSSR count). The maximum atomic E-state index is 13.2. The molecule has 0 saturated carbocycles. The molecule has 0 amide bonds. The van der Waals surface area contributed by atoms with Crippen LogP contribution in [-0.4, -0.2) is 36.2 Å². The second-order valence-electron chi connectivity index (χ2n) is 6.55. The predicted octanol–water partition coefficient (Wildman–Crippen LogP) is 3.18. The van der Waals surface area contributed by atoms with Gasteiger partial charge in [0.2, 0.25) is 0 Å². The summed E-state index contributed by atoms with van der Waals surface area (Å²) in [5.41, 5.74) is 2.13. The zero-order chi connectivity index (χ0) is 20.1. The van der Waals surface area contributed by atoms with Gasteiger partial charge in [-0.3, -0.25) is 9.36 Å². The Hall–Kier alpha value is -3.59. The first-order valence-corrected chi connectivity index (χ1v) is 9.73. The lowest BCUT2D eigenvalue weighted by Gasteiger charge is -2.06. The molecular formula is C20H16N6O2S. The van der Waals surface area contributed by atoms with Crippen LogP contribution in [0.3, 0.4) is 0 Å². The Bertz CT molecular complexity index is 1430. The van der Waals surface area contributed by atoms with Crippen LogP contribution in [0.5, 0.6) is 5.75 Å². The van der Waals surface area contributed by atoms with Crippen molar-refractivity contribution in [2.24, 2.45) is 0 Å². The number of hydrogen-bond acceptors (Lipinski definition) is 7. The van der Waals surface area contributed by atoms with Crippen LogP contribution in [0.4, 0.5) is 0 Å². The van der Waals surface area contributed by atoms with Crippen molar-refractivity contribution in [2.45, 2.75) is 13.8 Å². The van der Waals surface area contributed by atoms with Gasteiger partial charge in [-0.15, -0.1) is 5.10 Å². The van der Waals surface area contributed by atoms with Gasteiger partial charge < -0.3 is 4.74 Å². The quantitative estimate of drug-likeness (QED) is 0.459. The molecular weight excluding hydrogens is 388 g/mol. The van der Waals surface area contributed by atoms with Crippen molar-refractivity contribution < 1.29 is 4.74 Å². The molecule has 0 aliphatic carbocycles. The Morgan fingerprint density at radius 1 is 1.07 bits per heavy atom. The second kappa shape index (κ2) is 6.49. The van der Waals surface area contributed by atoms with Crippen molar-refractivity contribution in [1.29, 1.82) is 0 Å². The highest BCUT2D eigenvalue weighted by Crippen LogP contribution is 2.29. The lowest BCUT2D eigenvalue weighted by molar-refractivity contribution is 0.415. The lowest BCUT2D eigenvalue weighted by atomic mass is 10.2. The number of hydrogen-bond donors (Lipinski definition) is 0. The Kier molecular flexibility index (Phi) is 3.92. The van der Waals surface area contributed by atoms with Crippen LogP contribution in [0.2, 0.25) is 0 Å². The van der Waals surface area contributed by atoms with Crippen LogP contribution in [0.25, 0.3) is 32.3 Å². The molecule has 0 aliphatic heterocycles. The summed E-state index contributed by atoms with van der Waals surface area (Å²) in [5, 5.41) is 5.46. The number of nitrogens with zero attached hydrogens (tertiary/aromatic N) is 6. The number of fused-ring (bicyclic) bond motifs is 3. The summed E-state index contributed by atoms with van der Waals surface area (Å²) in [6.07, 6.45) is 3.49.